The fourth-order valence-corrected chi connectivity index (χ4v) is 1.27. The monoisotopic (exact) mass is 246 g/mol. The summed E-state index contributed by atoms with van der Waals surface area (Å²) < 4.78 is 1.22. The van der Waals surface area contributed by atoms with Gasteiger partial charge in [-0.2, -0.15) is 4.98 Å². The van der Waals surface area contributed by atoms with Gasteiger partial charge in [-0.3, -0.25) is 14.3 Å². The van der Waals surface area contributed by atoms with Crippen LogP contribution in [0.5, 0.6) is 0 Å². The number of carbonyl (C=O) groups excluding carboxylic acids is 1. The highest BCUT2D eigenvalue weighted by molar-refractivity contribution is 5.88. The molecule has 0 bridgehead atoms. The zero-order valence-corrected chi connectivity index (χ0v) is 9.52. The van der Waals surface area contributed by atoms with E-state index in [9.17, 15) is 9.59 Å². The molecule has 18 heavy (non-hydrogen) atoms. The Morgan fingerprint density at radius 1 is 1.39 bits per heavy atom. The smallest absolute Gasteiger partial charge is 0.273 e. The van der Waals surface area contributed by atoms with Gasteiger partial charge >= 0.3 is 5.69 Å². The first kappa shape index (κ1) is 11.9. The van der Waals surface area contributed by atoms with E-state index in [0.29, 0.717) is 10.7 Å². The second-order valence-corrected chi connectivity index (χ2v) is 3.40. The molecule has 2 aromatic rings. The summed E-state index contributed by atoms with van der Waals surface area (Å²) in [6, 6.07) is 3.27. The van der Waals surface area contributed by atoms with Crippen molar-refractivity contribution < 1.29 is 4.79 Å². The molecule has 0 aromatic carbocycles. The van der Waals surface area contributed by atoms with Crippen LogP contribution in [0.3, 0.4) is 0 Å². The quantitative estimate of drug-likeness (QED) is 0.424. The van der Waals surface area contributed by atoms with Gasteiger partial charge in [0.15, 0.2) is 0 Å². The molecule has 8 heteroatoms. The highest BCUT2D eigenvalue weighted by Gasteiger charge is 2.11. The van der Waals surface area contributed by atoms with Crippen LogP contribution in [0, 0.1) is 0 Å². The van der Waals surface area contributed by atoms with Crippen molar-refractivity contribution in [2.24, 2.45) is 5.84 Å². The Morgan fingerprint density at radius 2 is 2.06 bits per heavy atom. The maximum absolute atomic E-state index is 11.8. The number of nitrogens with two attached hydrogens (primary N) is 1. The first-order valence-corrected chi connectivity index (χ1v) is 5.01. The summed E-state index contributed by atoms with van der Waals surface area (Å²) in [7, 11) is 0. The lowest BCUT2D eigenvalue weighted by Gasteiger charge is -2.11. The lowest BCUT2D eigenvalue weighted by atomic mass is 10.4. The number of nitrogens with zero attached hydrogens (tertiary/aromatic N) is 5. The molecule has 92 valence electrons. The lowest BCUT2D eigenvalue weighted by Crippen LogP contribution is -2.39. The van der Waals surface area contributed by atoms with Gasteiger partial charge in [0.05, 0.1) is 5.69 Å². The average molecular weight is 246 g/mol. The van der Waals surface area contributed by atoms with Crippen LogP contribution in [0.25, 0.3) is 5.69 Å². The van der Waals surface area contributed by atoms with E-state index in [4.69, 9.17) is 5.84 Å². The van der Waals surface area contributed by atoms with Crippen molar-refractivity contribution in [3.8, 4) is 5.69 Å². The molecule has 0 aliphatic heterocycles. The molecule has 2 rings (SSSR count). The van der Waals surface area contributed by atoms with Crippen molar-refractivity contribution >= 4 is 11.9 Å². The van der Waals surface area contributed by atoms with E-state index in [1.165, 1.54) is 17.8 Å². The molecular weight excluding hydrogens is 236 g/mol. The predicted octanol–water partition coefficient (Wildman–Crippen LogP) is -0.751. The van der Waals surface area contributed by atoms with E-state index in [0.717, 1.165) is 0 Å². The SMILES string of the molecule is CC(=O)N(N)c1ncn(-c2ccncc2)c(=O)n1. The van der Waals surface area contributed by atoms with Crippen LogP contribution < -0.4 is 16.5 Å². The molecule has 2 heterocycles. The fourth-order valence-electron chi connectivity index (χ4n) is 1.27. The molecule has 0 radical (unpaired) electrons. The number of hydrogen-bond acceptors (Lipinski definition) is 6. The Morgan fingerprint density at radius 3 is 2.61 bits per heavy atom. The molecule has 2 aromatic heterocycles. The first-order chi connectivity index (χ1) is 8.59. The molecular formula is C10H10N6O2. The van der Waals surface area contributed by atoms with E-state index in [1.54, 1.807) is 24.5 Å². The van der Waals surface area contributed by atoms with Gasteiger partial charge in [0.25, 0.3) is 5.95 Å². The molecule has 8 nitrogen and oxygen atoms in total. The fraction of sp³-hybridized carbons (Fsp3) is 0.100. The van der Waals surface area contributed by atoms with Crippen molar-refractivity contribution in [3.05, 3.63) is 41.3 Å². The van der Waals surface area contributed by atoms with Crippen LogP contribution in [0.1, 0.15) is 6.92 Å². The highest BCUT2D eigenvalue weighted by atomic mass is 16.2. The molecule has 0 unspecified atom stereocenters. The summed E-state index contributed by atoms with van der Waals surface area (Å²) in [6.45, 7) is 1.25. The van der Waals surface area contributed by atoms with E-state index >= 15 is 0 Å². The number of anilines is 1. The summed E-state index contributed by atoms with van der Waals surface area (Å²) in [5.41, 5.74) is -0.00385. The van der Waals surface area contributed by atoms with Crippen molar-refractivity contribution in [1.82, 2.24) is 19.5 Å². The summed E-state index contributed by atoms with van der Waals surface area (Å²) in [6.07, 6.45) is 4.34. The summed E-state index contributed by atoms with van der Waals surface area (Å²) >= 11 is 0. The Labute approximate surface area is 102 Å². The molecule has 0 spiro atoms. The van der Waals surface area contributed by atoms with Crippen molar-refractivity contribution in [3.63, 3.8) is 0 Å². The van der Waals surface area contributed by atoms with Crippen molar-refractivity contribution in [1.29, 1.82) is 0 Å². The number of amides is 1. The van der Waals surface area contributed by atoms with Crippen LogP contribution in [0.15, 0.2) is 35.6 Å². The molecule has 0 atom stereocenters. The second-order valence-electron chi connectivity index (χ2n) is 3.40. The Balaban J connectivity index is 2.44. The van der Waals surface area contributed by atoms with Crippen molar-refractivity contribution in [2.75, 3.05) is 5.01 Å². The zero-order chi connectivity index (χ0) is 13.1. The van der Waals surface area contributed by atoms with E-state index in [-0.39, 0.29) is 5.95 Å². The summed E-state index contributed by atoms with van der Waals surface area (Å²) in [5.74, 6) is 4.79. The molecule has 2 N–H and O–H groups in total. The Bertz CT molecular complexity index is 624. The topological polar surface area (TPSA) is 107 Å². The molecule has 1 amide bonds. The Hall–Kier alpha value is -2.61. The maximum Gasteiger partial charge on any atom is 0.356 e. The molecule has 0 fully saturated rings. The number of pyridine rings is 1. The van der Waals surface area contributed by atoms with Gasteiger partial charge in [0, 0.05) is 19.3 Å². The largest absolute Gasteiger partial charge is 0.356 e. The minimum Gasteiger partial charge on any atom is -0.273 e. The van der Waals surface area contributed by atoms with Crippen LogP contribution >= 0.6 is 0 Å². The van der Waals surface area contributed by atoms with Gasteiger partial charge in [-0.05, 0) is 12.1 Å². The summed E-state index contributed by atoms with van der Waals surface area (Å²) in [4.78, 5) is 34.1. The average Bonchev–Trinajstić information content (AvgIpc) is 2.38. The predicted molar refractivity (Wildman–Crippen MR) is 62.8 cm³/mol. The third-order valence-electron chi connectivity index (χ3n) is 2.19. The van der Waals surface area contributed by atoms with E-state index < -0.39 is 11.6 Å². The van der Waals surface area contributed by atoms with Gasteiger partial charge < -0.3 is 0 Å². The molecule has 0 aliphatic carbocycles. The third kappa shape index (κ3) is 2.23. The van der Waals surface area contributed by atoms with Crippen LogP contribution in [0.4, 0.5) is 5.95 Å². The lowest BCUT2D eigenvalue weighted by molar-refractivity contribution is -0.116. The van der Waals surface area contributed by atoms with Gasteiger partial charge in [-0.15, -0.1) is 0 Å². The van der Waals surface area contributed by atoms with Crippen LogP contribution in [0.2, 0.25) is 0 Å². The standard InChI is InChI=1S/C10H10N6O2/c1-7(17)16(11)9-13-6-15(10(18)14-9)8-2-4-12-5-3-8/h2-6H,11H2,1H3. The van der Waals surface area contributed by atoms with Crippen LogP contribution in [-0.4, -0.2) is 25.4 Å². The number of rotatable bonds is 2. The molecule has 0 aliphatic rings. The number of carbonyl (C=O) groups is 1. The van der Waals surface area contributed by atoms with Gasteiger partial charge in [-0.1, -0.05) is 0 Å². The molecule has 0 saturated heterocycles. The minimum atomic E-state index is -0.581. The van der Waals surface area contributed by atoms with E-state index in [2.05, 4.69) is 15.0 Å². The number of aromatic nitrogens is 4. The summed E-state index contributed by atoms with van der Waals surface area (Å²) in [5, 5.41) is 0.707. The first-order valence-electron chi connectivity index (χ1n) is 5.01. The minimum absolute atomic E-state index is 0.141. The Kier molecular flexibility index (Phi) is 3.11. The third-order valence-corrected chi connectivity index (χ3v) is 2.19. The van der Waals surface area contributed by atoms with Gasteiger partial charge in [-0.25, -0.2) is 20.6 Å². The number of hydrazine groups is 1. The van der Waals surface area contributed by atoms with Crippen molar-refractivity contribution in [2.45, 2.75) is 6.92 Å². The molecule has 0 saturated carbocycles. The maximum atomic E-state index is 11.8. The normalized spacial score (nSPS) is 10.1. The highest BCUT2D eigenvalue weighted by Crippen LogP contribution is 2.03. The number of hydrogen-bond donors (Lipinski definition) is 1. The zero-order valence-electron chi connectivity index (χ0n) is 9.52. The van der Waals surface area contributed by atoms with Crippen LogP contribution in [-0.2, 0) is 4.79 Å². The van der Waals surface area contributed by atoms with Gasteiger partial charge in [0.2, 0.25) is 5.91 Å². The van der Waals surface area contributed by atoms with E-state index in [1.807, 2.05) is 0 Å². The second kappa shape index (κ2) is 4.72. The van der Waals surface area contributed by atoms with Gasteiger partial charge in [0.1, 0.15) is 6.33 Å².